The van der Waals surface area contributed by atoms with Crippen LogP contribution in [0.15, 0.2) is 47.4 Å². The third kappa shape index (κ3) is 4.33. The van der Waals surface area contributed by atoms with Crippen molar-refractivity contribution in [1.29, 1.82) is 0 Å². The Morgan fingerprint density at radius 1 is 1.21 bits per heavy atom. The van der Waals surface area contributed by atoms with Crippen LogP contribution in [0.5, 0.6) is 0 Å². The number of alkyl halides is 3. The standard InChI is InChI=1S/C21H17F3N2O5S2/c1-11(20(27)28)31-10-15-8-13-7-14(21(22,23)24)3-6-18(13)26(15)33(29,30)16-4-5-17-19(9-16)32-12(2)25-17/h3-9,11H,10H2,1-2H3,(H,27,28). The van der Waals surface area contributed by atoms with Crippen LogP contribution in [0.4, 0.5) is 13.2 Å². The van der Waals surface area contributed by atoms with Crippen LogP contribution in [0.2, 0.25) is 0 Å². The summed E-state index contributed by atoms with van der Waals surface area (Å²) in [6.45, 7) is 2.62. The Balaban J connectivity index is 1.89. The van der Waals surface area contributed by atoms with Crippen molar-refractivity contribution >= 4 is 48.4 Å². The van der Waals surface area contributed by atoms with E-state index in [1.807, 2.05) is 0 Å². The van der Waals surface area contributed by atoms with E-state index in [-0.39, 0.29) is 21.5 Å². The van der Waals surface area contributed by atoms with Crippen molar-refractivity contribution in [2.75, 3.05) is 0 Å². The number of aromatic nitrogens is 2. The number of carbonyl (C=O) groups is 1. The lowest BCUT2D eigenvalue weighted by Gasteiger charge is -2.14. The first-order chi connectivity index (χ1) is 15.4. The summed E-state index contributed by atoms with van der Waals surface area (Å²) < 4.78 is 73.6. The Labute approximate surface area is 190 Å². The van der Waals surface area contributed by atoms with Gasteiger partial charge < -0.3 is 9.84 Å². The van der Waals surface area contributed by atoms with Gasteiger partial charge in [-0.15, -0.1) is 11.3 Å². The van der Waals surface area contributed by atoms with E-state index in [9.17, 15) is 26.4 Å². The number of hydrogen-bond donors (Lipinski definition) is 1. The maximum absolute atomic E-state index is 13.6. The molecule has 4 aromatic rings. The fourth-order valence-corrected chi connectivity index (χ4v) is 5.87. The maximum Gasteiger partial charge on any atom is 0.416 e. The summed E-state index contributed by atoms with van der Waals surface area (Å²) in [6.07, 6.45) is -5.86. The quantitative estimate of drug-likeness (QED) is 0.410. The van der Waals surface area contributed by atoms with Crippen molar-refractivity contribution in [2.45, 2.75) is 37.6 Å². The van der Waals surface area contributed by atoms with Gasteiger partial charge >= 0.3 is 12.1 Å². The molecule has 0 fully saturated rings. The van der Waals surface area contributed by atoms with Crippen molar-refractivity contribution in [3.63, 3.8) is 0 Å². The van der Waals surface area contributed by atoms with Gasteiger partial charge in [0.15, 0.2) is 6.10 Å². The molecule has 0 amide bonds. The fraction of sp³-hybridized carbons (Fsp3) is 0.238. The molecule has 2 aromatic heterocycles. The van der Waals surface area contributed by atoms with E-state index in [1.54, 1.807) is 13.0 Å². The predicted octanol–water partition coefficient (Wildman–Crippen LogP) is 4.80. The van der Waals surface area contributed by atoms with E-state index < -0.39 is 40.4 Å². The zero-order valence-corrected chi connectivity index (χ0v) is 18.9. The van der Waals surface area contributed by atoms with Crippen LogP contribution < -0.4 is 0 Å². The molecule has 174 valence electrons. The summed E-state index contributed by atoms with van der Waals surface area (Å²) in [5.74, 6) is -1.26. The molecule has 33 heavy (non-hydrogen) atoms. The number of carboxylic acid groups (broad SMARTS) is 1. The second-order valence-corrected chi connectivity index (χ2v) is 10.4. The zero-order chi connectivity index (χ0) is 24.1. The fourth-order valence-electron chi connectivity index (χ4n) is 3.38. The van der Waals surface area contributed by atoms with Gasteiger partial charge in [0.2, 0.25) is 0 Å². The second-order valence-electron chi connectivity index (χ2n) is 7.33. The highest BCUT2D eigenvalue weighted by Gasteiger charge is 2.32. The molecule has 0 saturated carbocycles. The van der Waals surface area contributed by atoms with Crippen LogP contribution in [0, 0.1) is 6.92 Å². The number of fused-ring (bicyclic) bond motifs is 2. The zero-order valence-electron chi connectivity index (χ0n) is 17.3. The molecular weight excluding hydrogens is 481 g/mol. The second kappa shape index (κ2) is 8.12. The molecule has 12 heteroatoms. The number of halogens is 3. The number of ether oxygens (including phenoxy) is 1. The predicted molar refractivity (Wildman–Crippen MR) is 116 cm³/mol. The van der Waals surface area contributed by atoms with Crippen molar-refractivity contribution in [2.24, 2.45) is 0 Å². The van der Waals surface area contributed by atoms with Crippen molar-refractivity contribution in [1.82, 2.24) is 8.96 Å². The van der Waals surface area contributed by atoms with Crippen LogP contribution in [0.25, 0.3) is 21.1 Å². The van der Waals surface area contributed by atoms with Gasteiger partial charge in [-0.05, 0) is 56.3 Å². The Morgan fingerprint density at radius 3 is 2.61 bits per heavy atom. The van der Waals surface area contributed by atoms with Gasteiger partial charge in [0.25, 0.3) is 10.0 Å². The summed E-state index contributed by atoms with van der Waals surface area (Å²) in [5.41, 5.74) is -0.289. The van der Waals surface area contributed by atoms with E-state index in [0.29, 0.717) is 10.2 Å². The molecule has 0 saturated heterocycles. The topological polar surface area (TPSA) is 98.5 Å². The third-order valence-electron chi connectivity index (χ3n) is 4.99. The average molecular weight is 499 g/mol. The Kier molecular flexibility index (Phi) is 5.71. The summed E-state index contributed by atoms with van der Waals surface area (Å²) >= 11 is 1.31. The minimum atomic E-state index is -4.61. The molecule has 1 atom stereocenters. The first-order valence-corrected chi connectivity index (χ1v) is 11.8. The molecule has 7 nitrogen and oxygen atoms in total. The van der Waals surface area contributed by atoms with E-state index in [1.165, 1.54) is 36.5 Å². The highest BCUT2D eigenvalue weighted by atomic mass is 32.2. The number of hydrogen-bond acceptors (Lipinski definition) is 6. The summed E-state index contributed by atoms with van der Waals surface area (Å²) in [7, 11) is -4.26. The molecule has 0 radical (unpaired) electrons. The van der Waals surface area contributed by atoms with Crippen molar-refractivity contribution < 1.29 is 36.2 Å². The normalized spacial score (nSPS) is 13.6. The lowest BCUT2D eigenvalue weighted by Crippen LogP contribution is -2.22. The van der Waals surface area contributed by atoms with E-state index in [2.05, 4.69) is 4.98 Å². The third-order valence-corrected chi connectivity index (χ3v) is 7.69. The highest BCUT2D eigenvalue weighted by Crippen LogP contribution is 2.34. The highest BCUT2D eigenvalue weighted by molar-refractivity contribution is 7.90. The minimum Gasteiger partial charge on any atom is -0.479 e. The molecule has 4 rings (SSSR count). The number of nitrogens with zero attached hydrogens (tertiary/aromatic N) is 2. The van der Waals surface area contributed by atoms with Crippen LogP contribution in [-0.2, 0) is 32.3 Å². The molecular formula is C21H17F3N2O5S2. The van der Waals surface area contributed by atoms with Crippen molar-refractivity contribution in [3.05, 3.63) is 58.7 Å². The average Bonchev–Trinajstić information content (AvgIpc) is 3.29. The lowest BCUT2D eigenvalue weighted by atomic mass is 10.1. The molecule has 1 N–H and O–H groups in total. The molecule has 0 aliphatic heterocycles. The van der Waals surface area contributed by atoms with Gasteiger partial charge in [-0.2, -0.15) is 13.2 Å². The van der Waals surface area contributed by atoms with Crippen LogP contribution in [0.1, 0.15) is 23.2 Å². The largest absolute Gasteiger partial charge is 0.479 e. The van der Waals surface area contributed by atoms with Crippen LogP contribution in [-0.4, -0.2) is 34.6 Å². The Hall–Kier alpha value is -2.96. The maximum atomic E-state index is 13.6. The summed E-state index contributed by atoms with van der Waals surface area (Å²) in [4.78, 5) is 15.3. The first kappa shape index (κ1) is 23.2. The minimum absolute atomic E-state index is 0.00185. The van der Waals surface area contributed by atoms with Gasteiger partial charge in [-0.25, -0.2) is 22.2 Å². The number of thiazole rings is 1. The molecule has 0 spiro atoms. The molecule has 0 aliphatic rings. The Bertz CT molecular complexity index is 1490. The van der Waals surface area contributed by atoms with Gasteiger partial charge in [0, 0.05) is 5.39 Å². The van der Waals surface area contributed by atoms with E-state index in [4.69, 9.17) is 9.84 Å². The van der Waals surface area contributed by atoms with E-state index >= 15 is 0 Å². The van der Waals surface area contributed by atoms with Crippen molar-refractivity contribution in [3.8, 4) is 0 Å². The van der Waals surface area contributed by atoms with Gasteiger partial charge in [0.05, 0.1) is 43.5 Å². The Morgan fingerprint density at radius 2 is 1.94 bits per heavy atom. The van der Waals surface area contributed by atoms with Crippen LogP contribution >= 0.6 is 11.3 Å². The molecule has 0 aliphatic carbocycles. The monoisotopic (exact) mass is 498 g/mol. The molecule has 1 unspecified atom stereocenters. The SMILES string of the molecule is Cc1nc2ccc(S(=O)(=O)n3c(COC(C)C(=O)O)cc4cc(C(F)(F)F)ccc43)cc2s1. The number of aliphatic carboxylic acids is 1. The lowest BCUT2D eigenvalue weighted by molar-refractivity contribution is -0.150. The number of rotatable bonds is 6. The van der Waals surface area contributed by atoms with E-state index in [0.717, 1.165) is 27.2 Å². The van der Waals surface area contributed by atoms with Crippen LogP contribution in [0.3, 0.4) is 0 Å². The number of benzene rings is 2. The van der Waals surface area contributed by atoms with Gasteiger partial charge in [-0.3, -0.25) is 0 Å². The molecule has 2 aromatic carbocycles. The number of aryl methyl sites for hydroxylation is 1. The molecule has 0 bridgehead atoms. The van der Waals surface area contributed by atoms with Gasteiger partial charge in [0.1, 0.15) is 0 Å². The smallest absolute Gasteiger partial charge is 0.416 e. The summed E-state index contributed by atoms with van der Waals surface area (Å²) in [5, 5.41) is 9.84. The summed E-state index contributed by atoms with van der Waals surface area (Å²) in [6, 6.07) is 8.37. The van der Waals surface area contributed by atoms with Gasteiger partial charge in [-0.1, -0.05) is 0 Å². The number of carboxylic acids is 1. The molecule has 2 heterocycles. The first-order valence-electron chi connectivity index (χ1n) is 9.56.